The molecule has 0 heterocycles. The molecule has 2 aromatic rings. The number of halogens is 2. The number of hydrogen-bond acceptors (Lipinski definition) is 5. The second-order valence-electron chi connectivity index (χ2n) is 4.90. The van der Waals surface area contributed by atoms with Gasteiger partial charge < -0.3 is 20.2 Å². The van der Waals surface area contributed by atoms with Crippen molar-refractivity contribution >= 4 is 41.0 Å². The lowest BCUT2D eigenvalue weighted by Gasteiger charge is -2.08. The Labute approximate surface area is 153 Å². The van der Waals surface area contributed by atoms with Crippen molar-refractivity contribution in [2.45, 2.75) is 0 Å². The molecule has 2 aromatic carbocycles. The Bertz CT molecular complexity index is 829. The molecule has 0 aliphatic carbocycles. The maximum Gasteiger partial charge on any atom is 0.270 e. The van der Waals surface area contributed by atoms with E-state index in [1.807, 2.05) is 0 Å². The van der Waals surface area contributed by atoms with Crippen LogP contribution >= 0.6 is 11.6 Å². The predicted octanol–water partition coefficient (Wildman–Crippen LogP) is 3.07. The third-order valence-corrected chi connectivity index (χ3v) is 3.20. The second kappa shape index (κ2) is 9.38. The smallest absolute Gasteiger partial charge is 0.270 e. The Hall–Kier alpha value is -3.13. The van der Waals surface area contributed by atoms with E-state index in [0.717, 1.165) is 12.3 Å². The number of carbonyl (C=O) groups is 2. The zero-order chi connectivity index (χ0) is 18.9. The first-order valence-corrected chi connectivity index (χ1v) is 7.71. The maximum absolute atomic E-state index is 13.0. The van der Waals surface area contributed by atoms with Crippen LogP contribution in [0.1, 0.15) is 0 Å². The highest BCUT2D eigenvalue weighted by atomic mass is 35.5. The van der Waals surface area contributed by atoms with Gasteiger partial charge in [0, 0.05) is 10.7 Å². The second-order valence-corrected chi connectivity index (χ2v) is 5.34. The van der Waals surface area contributed by atoms with Gasteiger partial charge in [-0.2, -0.15) is 0 Å². The Morgan fingerprint density at radius 1 is 1.23 bits per heavy atom. The molecule has 0 spiro atoms. The van der Waals surface area contributed by atoms with Crippen molar-refractivity contribution in [3.05, 3.63) is 53.3 Å². The highest BCUT2D eigenvalue weighted by Gasteiger charge is 2.07. The van der Waals surface area contributed by atoms with Gasteiger partial charge in [0.1, 0.15) is 17.8 Å². The molecule has 0 fully saturated rings. The fraction of sp³-hybridized carbons (Fsp3) is 0.118. The van der Waals surface area contributed by atoms with Crippen LogP contribution in [-0.2, 0) is 14.4 Å². The molecule has 9 heteroatoms. The summed E-state index contributed by atoms with van der Waals surface area (Å²) in [6.07, 6.45) is 0.857. The summed E-state index contributed by atoms with van der Waals surface area (Å²) in [5.74, 6) is -1.21. The Kier molecular flexibility index (Phi) is 6.92. The Morgan fingerprint density at radius 2 is 2.04 bits per heavy atom. The quantitative estimate of drug-likeness (QED) is 0.571. The van der Waals surface area contributed by atoms with Gasteiger partial charge in [0.25, 0.3) is 11.8 Å². The van der Waals surface area contributed by atoms with Crippen LogP contribution in [0.4, 0.5) is 15.8 Å². The van der Waals surface area contributed by atoms with Crippen molar-refractivity contribution in [2.75, 3.05) is 24.4 Å². The Balaban J connectivity index is 1.80. The summed E-state index contributed by atoms with van der Waals surface area (Å²) in [5, 5.41) is 8.76. The number of rotatable bonds is 7. The van der Waals surface area contributed by atoms with E-state index in [1.54, 1.807) is 12.1 Å². The van der Waals surface area contributed by atoms with E-state index in [1.165, 1.54) is 31.4 Å². The van der Waals surface area contributed by atoms with Crippen LogP contribution in [0.5, 0.6) is 5.75 Å². The van der Waals surface area contributed by atoms with E-state index in [0.29, 0.717) is 16.5 Å². The molecule has 136 valence electrons. The van der Waals surface area contributed by atoms with Gasteiger partial charge >= 0.3 is 0 Å². The number of ether oxygens (including phenoxy) is 1. The monoisotopic (exact) mass is 379 g/mol. The van der Waals surface area contributed by atoms with Crippen LogP contribution in [0, 0.1) is 5.82 Å². The number of nitrogens with zero attached hydrogens (tertiary/aromatic N) is 1. The largest absolute Gasteiger partial charge is 0.495 e. The number of benzene rings is 2. The average molecular weight is 380 g/mol. The van der Waals surface area contributed by atoms with Crippen molar-refractivity contribution in [2.24, 2.45) is 5.16 Å². The lowest BCUT2D eigenvalue weighted by molar-refractivity contribution is -0.120. The summed E-state index contributed by atoms with van der Waals surface area (Å²) < 4.78 is 18.1. The molecule has 0 aromatic heterocycles. The summed E-state index contributed by atoms with van der Waals surface area (Å²) in [6, 6.07) is 10.1. The first kappa shape index (κ1) is 19.2. The van der Waals surface area contributed by atoms with E-state index in [9.17, 15) is 14.0 Å². The molecule has 0 bridgehead atoms. The molecule has 0 aliphatic heterocycles. The van der Waals surface area contributed by atoms with Crippen molar-refractivity contribution in [1.29, 1.82) is 0 Å². The molecule has 0 saturated carbocycles. The number of anilines is 2. The van der Waals surface area contributed by atoms with Crippen LogP contribution < -0.4 is 15.4 Å². The van der Waals surface area contributed by atoms with Crippen LogP contribution in [-0.4, -0.2) is 31.7 Å². The standard InChI is InChI=1S/C17H15ClFN3O4/c1-25-15-6-5-11(18)7-14(15)22-16(23)9-20-26-10-17(24)21-13-4-2-3-12(19)8-13/h2-9H,10H2,1H3,(H,21,24)(H,22,23)/b20-9-. The van der Waals surface area contributed by atoms with Crippen molar-refractivity contribution < 1.29 is 23.6 Å². The summed E-state index contributed by atoms with van der Waals surface area (Å²) in [4.78, 5) is 28.1. The summed E-state index contributed by atoms with van der Waals surface area (Å²) in [5.41, 5.74) is 0.647. The summed E-state index contributed by atoms with van der Waals surface area (Å²) in [6.45, 7) is -0.444. The molecule has 0 unspecified atom stereocenters. The van der Waals surface area contributed by atoms with Gasteiger partial charge in [-0.15, -0.1) is 0 Å². The van der Waals surface area contributed by atoms with Crippen molar-refractivity contribution in [3.8, 4) is 5.75 Å². The molecule has 26 heavy (non-hydrogen) atoms. The fourth-order valence-corrected chi connectivity index (χ4v) is 2.06. The lowest BCUT2D eigenvalue weighted by Crippen LogP contribution is -2.18. The molecular formula is C17H15ClFN3O4. The van der Waals surface area contributed by atoms with E-state index in [-0.39, 0.29) is 5.69 Å². The molecule has 0 saturated heterocycles. The van der Waals surface area contributed by atoms with E-state index >= 15 is 0 Å². The van der Waals surface area contributed by atoms with Crippen LogP contribution in [0.15, 0.2) is 47.6 Å². The minimum atomic E-state index is -0.601. The number of hydrogen-bond donors (Lipinski definition) is 2. The third-order valence-electron chi connectivity index (χ3n) is 2.97. The van der Waals surface area contributed by atoms with Crippen molar-refractivity contribution in [3.63, 3.8) is 0 Å². The number of nitrogens with one attached hydrogen (secondary N) is 2. The molecule has 0 radical (unpaired) electrons. The Morgan fingerprint density at radius 3 is 2.77 bits per heavy atom. The molecule has 2 rings (SSSR count). The van der Waals surface area contributed by atoms with E-state index in [4.69, 9.17) is 21.2 Å². The molecular weight excluding hydrogens is 365 g/mol. The zero-order valence-electron chi connectivity index (χ0n) is 13.7. The average Bonchev–Trinajstić information content (AvgIpc) is 2.59. The third kappa shape index (κ3) is 6.06. The number of carbonyl (C=O) groups excluding carboxylic acids is 2. The highest BCUT2D eigenvalue weighted by molar-refractivity contribution is 6.33. The van der Waals surface area contributed by atoms with Crippen molar-refractivity contribution in [1.82, 2.24) is 0 Å². The molecule has 0 atom stereocenters. The van der Waals surface area contributed by atoms with Gasteiger partial charge in [-0.1, -0.05) is 22.8 Å². The molecule has 7 nitrogen and oxygen atoms in total. The number of oxime groups is 1. The van der Waals surface area contributed by atoms with Crippen LogP contribution in [0.2, 0.25) is 5.02 Å². The minimum absolute atomic E-state index is 0.286. The maximum atomic E-state index is 13.0. The van der Waals surface area contributed by atoms with Crippen LogP contribution in [0.25, 0.3) is 0 Å². The van der Waals surface area contributed by atoms with Gasteiger partial charge in [-0.25, -0.2) is 4.39 Å². The zero-order valence-corrected chi connectivity index (χ0v) is 14.4. The van der Waals surface area contributed by atoms with Gasteiger partial charge in [0.05, 0.1) is 12.8 Å². The fourth-order valence-electron chi connectivity index (χ4n) is 1.89. The summed E-state index contributed by atoms with van der Waals surface area (Å²) >= 11 is 5.86. The van der Waals surface area contributed by atoms with Gasteiger partial charge in [0.2, 0.25) is 0 Å². The first-order valence-electron chi connectivity index (χ1n) is 7.33. The molecule has 2 amide bonds. The predicted molar refractivity (Wildman–Crippen MR) is 96.1 cm³/mol. The van der Waals surface area contributed by atoms with Crippen LogP contribution in [0.3, 0.4) is 0 Å². The number of amides is 2. The first-order chi connectivity index (χ1) is 12.5. The highest BCUT2D eigenvalue weighted by Crippen LogP contribution is 2.27. The topological polar surface area (TPSA) is 89.0 Å². The van der Waals surface area contributed by atoms with Gasteiger partial charge in [-0.3, -0.25) is 9.59 Å². The molecule has 2 N–H and O–H groups in total. The van der Waals surface area contributed by atoms with E-state index in [2.05, 4.69) is 15.8 Å². The van der Waals surface area contributed by atoms with E-state index < -0.39 is 24.2 Å². The number of methoxy groups -OCH3 is 1. The molecule has 0 aliphatic rings. The normalized spacial score (nSPS) is 10.4. The van der Waals surface area contributed by atoms with Gasteiger partial charge in [-0.05, 0) is 36.4 Å². The lowest BCUT2D eigenvalue weighted by atomic mass is 10.3. The SMILES string of the molecule is COc1ccc(Cl)cc1NC(=O)/C=N\OCC(=O)Nc1cccc(F)c1. The summed E-state index contributed by atoms with van der Waals surface area (Å²) in [7, 11) is 1.45. The minimum Gasteiger partial charge on any atom is -0.495 e. The van der Waals surface area contributed by atoms with Gasteiger partial charge in [0.15, 0.2) is 6.61 Å².